The number of ether oxygens (including phenoxy) is 1. The number of fused-ring (bicyclic) bond motifs is 1. The number of benzene rings is 1. The molecule has 7 heteroatoms. The van der Waals surface area contributed by atoms with E-state index in [2.05, 4.69) is 23.8 Å². The van der Waals surface area contributed by atoms with Crippen molar-refractivity contribution in [3.63, 3.8) is 0 Å². The summed E-state index contributed by atoms with van der Waals surface area (Å²) in [4.78, 5) is 15.1. The molecule has 1 fully saturated rings. The lowest BCUT2D eigenvalue weighted by Crippen LogP contribution is -2.41. The highest BCUT2D eigenvalue weighted by Crippen LogP contribution is 2.27. The third-order valence-electron chi connectivity index (χ3n) is 6.22. The largest absolute Gasteiger partial charge is 0.378 e. The Kier molecular flexibility index (Phi) is 6.72. The molecule has 2 heterocycles. The predicted molar refractivity (Wildman–Crippen MR) is 118 cm³/mol. The molecule has 1 saturated heterocycles. The second-order valence-corrected chi connectivity index (χ2v) is 9.16. The molecule has 2 aliphatic rings. The van der Waals surface area contributed by atoms with Crippen LogP contribution in [0, 0.1) is 18.7 Å². The molecule has 1 aliphatic carbocycles. The zero-order valence-electron chi connectivity index (χ0n) is 18.8. The van der Waals surface area contributed by atoms with Gasteiger partial charge in [0.1, 0.15) is 5.82 Å². The lowest BCUT2D eigenvalue weighted by molar-refractivity contribution is 0.0297. The minimum Gasteiger partial charge on any atom is -0.378 e. The van der Waals surface area contributed by atoms with E-state index in [1.165, 1.54) is 5.69 Å². The molecule has 4 rings (SSSR count). The summed E-state index contributed by atoms with van der Waals surface area (Å²) in [6.07, 6.45) is 2.65. The van der Waals surface area contributed by atoms with E-state index in [1.54, 1.807) is 13.0 Å². The zero-order valence-corrected chi connectivity index (χ0v) is 18.8. The van der Waals surface area contributed by atoms with Crippen LogP contribution >= 0.6 is 0 Å². The van der Waals surface area contributed by atoms with E-state index in [0.717, 1.165) is 36.9 Å². The molecule has 0 radical (unpaired) electrons. The van der Waals surface area contributed by atoms with Gasteiger partial charge in [0.15, 0.2) is 5.69 Å². The first-order valence-corrected chi connectivity index (χ1v) is 11.4. The topological polar surface area (TPSA) is 59.4 Å². The van der Waals surface area contributed by atoms with E-state index < -0.39 is 0 Å². The molecule has 0 saturated carbocycles. The summed E-state index contributed by atoms with van der Waals surface area (Å²) in [5.41, 5.74) is 4.48. The Labute approximate surface area is 183 Å². The van der Waals surface area contributed by atoms with Gasteiger partial charge in [0.2, 0.25) is 0 Å². The van der Waals surface area contributed by atoms with E-state index in [4.69, 9.17) is 9.84 Å². The Hall–Kier alpha value is -2.25. The van der Waals surface area contributed by atoms with Gasteiger partial charge in [-0.05, 0) is 49.3 Å². The fourth-order valence-electron chi connectivity index (χ4n) is 4.46. The summed E-state index contributed by atoms with van der Waals surface area (Å²) in [7, 11) is 0. The molecular weight excluding hydrogens is 395 g/mol. The number of halogens is 1. The van der Waals surface area contributed by atoms with Crippen molar-refractivity contribution in [1.82, 2.24) is 20.0 Å². The molecule has 1 amide bonds. The molecule has 1 atom stereocenters. The van der Waals surface area contributed by atoms with E-state index >= 15 is 0 Å². The number of amides is 1. The number of hydrogen-bond acceptors (Lipinski definition) is 4. The molecule has 0 unspecified atom stereocenters. The number of morpholine rings is 1. The van der Waals surface area contributed by atoms with Crippen LogP contribution in [0.1, 0.15) is 53.1 Å². The van der Waals surface area contributed by atoms with Crippen LogP contribution in [0.15, 0.2) is 18.2 Å². The zero-order chi connectivity index (χ0) is 22.0. The Morgan fingerprint density at radius 2 is 2.10 bits per heavy atom. The van der Waals surface area contributed by atoms with Crippen LogP contribution < -0.4 is 5.32 Å². The fraction of sp³-hybridized carbons (Fsp3) is 0.583. The molecule has 31 heavy (non-hydrogen) atoms. The lowest BCUT2D eigenvalue weighted by atomic mass is 9.90. The van der Waals surface area contributed by atoms with Crippen LogP contribution in [-0.2, 0) is 30.7 Å². The standard InChI is InChI=1S/C24H33FN4O2/c1-16(2)15-29-22-7-6-19(26-14-18-5-4-17(3)21(25)12-18)13-20(22)23(27-29)24(30)28-8-10-31-11-9-28/h4-5,12,16,19,26H,6-11,13-15H2,1-3H3/t19-/m1/s1. The van der Waals surface area contributed by atoms with Crippen LogP contribution in [0.3, 0.4) is 0 Å². The maximum Gasteiger partial charge on any atom is 0.274 e. The van der Waals surface area contributed by atoms with Crippen molar-refractivity contribution in [3.05, 3.63) is 52.1 Å². The van der Waals surface area contributed by atoms with E-state index in [9.17, 15) is 9.18 Å². The number of carbonyl (C=O) groups excluding carboxylic acids is 1. The van der Waals surface area contributed by atoms with E-state index in [0.29, 0.717) is 50.0 Å². The number of nitrogens with zero attached hydrogens (tertiary/aromatic N) is 3. The molecule has 1 aromatic heterocycles. The van der Waals surface area contributed by atoms with Gasteiger partial charge in [-0.15, -0.1) is 0 Å². The molecule has 0 spiro atoms. The highest BCUT2D eigenvalue weighted by Gasteiger charge is 2.31. The smallest absolute Gasteiger partial charge is 0.274 e. The number of rotatable bonds is 6. The monoisotopic (exact) mass is 428 g/mol. The predicted octanol–water partition coefficient (Wildman–Crippen LogP) is 3.11. The Bertz CT molecular complexity index is 934. The number of hydrogen-bond donors (Lipinski definition) is 1. The van der Waals surface area contributed by atoms with Crippen molar-refractivity contribution in [1.29, 1.82) is 0 Å². The van der Waals surface area contributed by atoms with Crippen molar-refractivity contribution in [2.45, 2.75) is 59.2 Å². The highest BCUT2D eigenvalue weighted by atomic mass is 19.1. The summed E-state index contributed by atoms with van der Waals surface area (Å²) >= 11 is 0. The Morgan fingerprint density at radius 3 is 2.81 bits per heavy atom. The number of carbonyl (C=O) groups is 1. The summed E-state index contributed by atoms with van der Waals surface area (Å²) in [6, 6.07) is 5.63. The van der Waals surface area contributed by atoms with Gasteiger partial charge >= 0.3 is 0 Å². The third-order valence-corrected chi connectivity index (χ3v) is 6.22. The van der Waals surface area contributed by atoms with E-state index in [-0.39, 0.29) is 17.8 Å². The molecule has 1 aromatic carbocycles. The molecule has 6 nitrogen and oxygen atoms in total. The van der Waals surface area contributed by atoms with Crippen LogP contribution in [0.4, 0.5) is 4.39 Å². The second-order valence-electron chi connectivity index (χ2n) is 9.16. The van der Waals surface area contributed by atoms with Gasteiger partial charge in [-0.1, -0.05) is 26.0 Å². The van der Waals surface area contributed by atoms with Gasteiger partial charge in [0, 0.05) is 43.5 Å². The van der Waals surface area contributed by atoms with Crippen molar-refractivity contribution < 1.29 is 13.9 Å². The molecule has 2 aromatic rings. The van der Waals surface area contributed by atoms with E-state index in [1.807, 2.05) is 17.0 Å². The van der Waals surface area contributed by atoms with Gasteiger partial charge in [-0.25, -0.2) is 4.39 Å². The first-order valence-electron chi connectivity index (χ1n) is 11.4. The minimum atomic E-state index is -0.168. The molecule has 1 aliphatic heterocycles. The first kappa shape index (κ1) is 22.0. The van der Waals surface area contributed by atoms with Crippen LogP contribution in [-0.4, -0.2) is 52.9 Å². The van der Waals surface area contributed by atoms with Crippen molar-refractivity contribution >= 4 is 5.91 Å². The Morgan fingerprint density at radius 1 is 1.32 bits per heavy atom. The van der Waals surface area contributed by atoms with Gasteiger partial charge in [0.25, 0.3) is 5.91 Å². The maximum atomic E-state index is 13.9. The first-order chi connectivity index (χ1) is 14.9. The molecule has 0 bridgehead atoms. The summed E-state index contributed by atoms with van der Waals surface area (Å²) in [5, 5.41) is 8.36. The normalized spacial score (nSPS) is 19.0. The maximum absolute atomic E-state index is 13.9. The average molecular weight is 429 g/mol. The van der Waals surface area contributed by atoms with Crippen LogP contribution in [0.2, 0.25) is 0 Å². The van der Waals surface area contributed by atoms with Crippen molar-refractivity contribution in [2.24, 2.45) is 5.92 Å². The minimum absolute atomic E-state index is 0.0170. The van der Waals surface area contributed by atoms with Gasteiger partial charge in [-0.3, -0.25) is 9.48 Å². The summed E-state index contributed by atoms with van der Waals surface area (Å²) in [6.45, 7) is 9.95. The number of aromatic nitrogens is 2. The third kappa shape index (κ3) is 4.99. The Balaban J connectivity index is 1.52. The quantitative estimate of drug-likeness (QED) is 0.768. The fourth-order valence-corrected chi connectivity index (χ4v) is 4.46. The van der Waals surface area contributed by atoms with Crippen molar-refractivity contribution in [3.8, 4) is 0 Å². The SMILES string of the molecule is Cc1ccc(CN[C@@H]2CCc3c(c(C(=O)N4CCOCC4)nn3CC(C)C)C2)cc1F. The molecule has 168 valence electrons. The average Bonchev–Trinajstić information content (AvgIpc) is 3.11. The van der Waals surface area contributed by atoms with Crippen LogP contribution in [0.5, 0.6) is 0 Å². The van der Waals surface area contributed by atoms with Crippen molar-refractivity contribution in [2.75, 3.05) is 26.3 Å². The van der Waals surface area contributed by atoms with Crippen LogP contribution in [0.25, 0.3) is 0 Å². The summed E-state index contributed by atoms with van der Waals surface area (Å²) < 4.78 is 21.3. The lowest BCUT2D eigenvalue weighted by Gasteiger charge is -2.28. The second kappa shape index (κ2) is 9.49. The number of aryl methyl sites for hydroxylation is 1. The van der Waals surface area contributed by atoms with Gasteiger partial charge in [-0.2, -0.15) is 5.10 Å². The molecule has 1 N–H and O–H groups in total. The summed E-state index contributed by atoms with van der Waals surface area (Å²) in [5.74, 6) is 0.310. The molecular formula is C24H33FN4O2. The highest BCUT2D eigenvalue weighted by molar-refractivity contribution is 5.94. The van der Waals surface area contributed by atoms with Gasteiger partial charge < -0.3 is 15.0 Å². The number of nitrogens with one attached hydrogen (secondary N) is 1. The van der Waals surface area contributed by atoms with Gasteiger partial charge in [0.05, 0.1) is 13.2 Å².